The van der Waals surface area contributed by atoms with E-state index in [4.69, 9.17) is 10.5 Å². The number of hydrogen-bond donors (Lipinski definition) is 1. The molecule has 1 saturated heterocycles. The van der Waals surface area contributed by atoms with Crippen LogP contribution in [0.15, 0.2) is 0 Å². The quantitative estimate of drug-likeness (QED) is 0.634. The van der Waals surface area contributed by atoms with Crippen LogP contribution in [0.25, 0.3) is 0 Å². The maximum atomic E-state index is 11.5. The van der Waals surface area contributed by atoms with Crippen LogP contribution >= 0.6 is 0 Å². The Bertz CT molecular complexity index is 220. The van der Waals surface area contributed by atoms with Gasteiger partial charge in [0, 0.05) is 25.7 Å². The summed E-state index contributed by atoms with van der Waals surface area (Å²) in [4.78, 5) is 13.4. The number of nitrogens with zero attached hydrogens (tertiary/aromatic N) is 1. The lowest BCUT2D eigenvalue weighted by Crippen LogP contribution is -2.49. The van der Waals surface area contributed by atoms with E-state index < -0.39 is 0 Å². The Morgan fingerprint density at radius 3 is 2.92 bits per heavy atom. The first-order valence-electron chi connectivity index (χ1n) is 4.76. The predicted octanol–water partition coefficient (Wildman–Crippen LogP) is -0.419. The summed E-state index contributed by atoms with van der Waals surface area (Å²) in [5.41, 5.74) is 5.91. The molecule has 0 aromatic carbocycles. The number of fused-ring (bicyclic) bond motifs is 2. The van der Waals surface area contributed by atoms with Crippen LogP contribution in [0.5, 0.6) is 0 Å². The third-order valence-corrected chi connectivity index (χ3v) is 3.12. The monoisotopic (exact) mass is 184 g/mol. The summed E-state index contributed by atoms with van der Waals surface area (Å²) < 4.78 is 4.83. The molecule has 3 unspecified atom stereocenters. The fraction of sp³-hybridized carbons (Fsp3) is 0.889. The van der Waals surface area contributed by atoms with Crippen molar-refractivity contribution in [2.24, 2.45) is 11.7 Å². The van der Waals surface area contributed by atoms with E-state index in [1.165, 1.54) is 0 Å². The summed E-state index contributed by atoms with van der Waals surface area (Å²) in [5, 5.41) is 0. The van der Waals surface area contributed by atoms with E-state index >= 15 is 0 Å². The Morgan fingerprint density at radius 2 is 2.38 bits per heavy atom. The topological polar surface area (TPSA) is 55.6 Å². The third kappa shape index (κ3) is 1.44. The summed E-state index contributed by atoms with van der Waals surface area (Å²) in [6, 6.07) is 0.479. The molecule has 1 aliphatic heterocycles. The van der Waals surface area contributed by atoms with E-state index in [-0.39, 0.29) is 24.6 Å². The average molecular weight is 184 g/mol. The molecule has 1 saturated carbocycles. The lowest BCUT2D eigenvalue weighted by Gasteiger charge is -2.30. The van der Waals surface area contributed by atoms with Crippen molar-refractivity contribution in [3.8, 4) is 0 Å². The van der Waals surface area contributed by atoms with Crippen LogP contribution in [-0.4, -0.2) is 43.2 Å². The fourth-order valence-corrected chi connectivity index (χ4v) is 2.57. The first kappa shape index (κ1) is 8.97. The Balaban J connectivity index is 1.99. The minimum absolute atomic E-state index is 0.0881. The summed E-state index contributed by atoms with van der Waals surface area (Å²) in [7, 11) is 1.55. The molecule has 2 rings (SSSR count). The zero-order chi connectivity index (χ0) is 9.42. The predicted molar refractivity (Wildman–Crippen MR) is 48.1 cm³/mol. The van der Waals surface area contributed by atoms with Gasteiger partial charge in [0.05, 0.1) is 0 Å². The number of carbonyl (C=O) groups excluding carboxylic acids is 1. The Kier molecular flexibility index (Phi) is 2.26. The number of piperidine rings is 1. The second-order valence-corrected chi connectivity index (χ2v) is 4.05. The van der Waals surface area contributed by atoms with E-state index in [1.807, 2.05) is 4.90 Å². The summed E-state index contributed by atoms with van der Waals surface area (Å²) in [6.07, 6.45) is 2.18. The molecule has 2 N–H and O–H groups in total. The Morgan fingerprint density at radius 1 is 1.62 bits per heavy atom. The van der Waals surface area contributed by atoms with Gasteiger partial charge in [-0.3, -0.25) is 4.79 Å². The smallest absolute Gasteiger partial charge is 0.248 e. The number of hydrogen-bond acceptors (Lipinski definition) is 3. The van der Waals surface area contributed by atoms with Gasteiger partial charge >= 0.3 is 0 Å². The van der Waals surface area contributed by atoms with Gasteiger partial charge in [0.1, 0.15) is 6.61 Å². The Labute approximate surface area is 78.0 Å². The molecule has 3 atom stereocenters. The SMILES string of the molecule is COCC(=O)N1CC2CC(N)C1C2. The number of methoxy groups -OCH3 is 1. The molecule has 1 heterocycles. The summed E-state index contributed by atoms with van der Waals surface area (Å²) in [5.74, 6) is 0.728. The van der Waals surface area contributed by atoms with Crippen LogP contribution in [0.1, 0.15) is 12.8 Å². The summed E-state index contributed by atoms with van der Waals surface area (Å²) in [6.45, 7) is 1.08. The summed E-state index contributed by atoms with van der Waals surface area (Å²) >= 11 is 0. The van der Waals surface area contributed by atoms with Gasteiger partial charge in [0.25, 0.3) is 0 Å². The van der Waals surface area contributed by atoms with Crippen LogP contribution in [0.3, 0.4) is 0 Å². The van der Waals surface area contributed by atoms with E-state index in [1.54, 1.807) is 7.11 Å². The molecule has 74 valence electrons. The van der Waals surface area contributed by atoms with Crippen LogP contribution in [-0.2, 0) is 9.53 Å². The van der Waals surface area contributed by atoms with E-state index in [0.717, 1.165) is 19.4 Å². The van der Waals surface area contributed by atoms with E-state index in [0.29, 0.717) is 5.92 Å². The number of ether oxygens (including phenoxy) is 1. The number of amides is 1. The van der Waals surface area contributed by atoms with Crippen LogP contribution in [0.4, 0.5) is 0 Å². The second-order valence-electron chi connectivity index (χ2n) is 4.05. The van der Waals surface area contributed by atoms with Gasteiger partial charge in [-0.25, -0.2) is 0 Å². The van der Waals surface area contributed by atoms with Crippen molar-refractivity contribution < 1.29 is 9.53 Å². The first-order chi connectivity index (χ1) is 6.22. The maximum Gasteiger partial charge on any atom is 0.248 e. The van der Waals surface area contributed by atoms with Crippen molar-refractivity contribution >= 4 is 5.91 Å². The molecule has 0 aromatic rings. The molecular formula is C9H16N2O2. The second kappa shape index (κ2) is 3.27. The van der Waals surface area contributed by atoms with Gasteiger partial charge in [-0.2, -0.15) is 0 Å². The Hall–Kier alpha value is -0.610. The highest BCUT2D eigenvalue weighted by atomic mass is 16.5. The largest absolute Gasteiger partial charge is 0.375 e. The van der Waals surface area contributed by atoms with Crippen molar-refractivity contribution in [3.05, 3.63) is 0 Å². The molecule has 2 bridgehead atoms. The van der Waals surface area contributed by atoms with Crippen molar-refractivity contribution in [1.29, 1.82) is 0 Å². The zero-order valence-electron chi connectivity index (χ0n) is 7.90. The minimum Gasteiger partial charge on any atom is -0.375 e. The zero-order valence-corrected chi connectivity index (χ0v) is 7.90. The highest BCUT2D eigenvalue weighted by Gasteiger charge is 2.44. The van der Waals surface area contributed by atoms with Gasteiger partial charge in [-0.05, 0) is 18.8 Å². The van der Waals surface area contributed by atoms with Gasteiger partial charge in [0.2, 0.25) is 5.91 Å². The molecule has 1 aliphatic carbocycles. The van der Waals surface area contributed by atoms with Crippen molar-refractivity contribution in [2.75, 3.05) is 20.3 Å². The number of carbonyl (C=O) groups is 1. The minimum atomic E-state index is 0.0881. The van der Waals surface area contributed by atoms with Gasteiger partial charge in [-0.15, -0.1) is 0 Å². The average Bonchev–Trinajstić information content (AvgIpc) is 2.62. The normalized spacial score (nSPS) is 37.1. The molecule has 0 spiro atoms. The lowest BCUT2D eigenvalue weighted by atomic mass is 10.1. The number of nitrogens with two attached hydrogens (primary N) is 1. The lowest BCUT2D eigenvalue weighted by molar-refractivity contribution is -0.137. The molecule has 2 aliphatic rings. The fourth-order valence-electron chi connectivity index (χ4n) is 2.57. The highest BCUT2D eigenvalue weighted by Crippen LogP contribution is 2.36. The number of likely N-dealkylation sites (tertiary alicyclic amines) is 1. The standard InChI is InChI=1S/C9H16N2O2/c1-13-5-9(12)11-4-6-2-7(10)8(11)3-6/h6-8H,2-5,10H2,1H3. The molecular weight excluding hydrogens is 168 g/mol. The molecule has 0 aromatic heterocycles. The molecule has 0 radical (unpaired) electrons. The van der Waals surface area contributed by atoms with E-state index in [9.17, 15) is 4.79 Å². The van der Waals surface area contributed by atoms with Crippen LogP contribution in [0.2, 0.25) is 0 Å². The highest BCUT2D eigenvalue weighted by molar-refractivity contribution is 5.78. The van der Waals surface area contributed by atoms with E-state index in [2.05, 4.69) is 0 Å². The molecule has 13 heavy (non-hydrogen) atoms. The maximum absolute atomic E-state index is 11.5. The molecule has 4 heteroatoms. The van der Waals surface area contributed by atoms with Crippen molar-refractivity contribution in [1.82, 2.24) is 4.90 Å². The third-order valence-electron chi connectivity index (χ3n) is 3.12. The van der Waals surface area contributed by atoms with Crippen LogP contribution in [0, 0.1) is 5.92 Å². The first-order valence-corrected chi connectivity index (χ1v) is 4.76. The molecule has 2 fully saturated rings. The molecule has 4 nitrogen and oxygen atoms in total. The van der Waals surface area contributed by atoms with Gasteiger partial charge in [0.15, 0.2) is 0 Å². The van der Waals surface area contributed by atoms with Gasteiger partial charge in [-0.1, -0.05) is 0 Å². The molecule has 1 amide bonds. The number of rotatable bonds is 2. The van der Waals surface area contributed by atoms with Crippen molar-refractivity contribution in [3.63, 3.8) is 0 Å². The van der Waals surface area contributed by atoms with Crippen molar-refractivity contribution in [2.45, 2.75) is 24.9 Å². The van der Waals surface area contributed by atoms with Crippen LogP contribution < -0.4 is 5.73 Å². The van der Waals surface area contributed by atoms with Gasteiger partial charge < -0.3 is 15.4 Å².